The number of likely N-dealkylation sites (tertiary alicyclic amines) is 2. The molecule has 2 saturated heterocycles. The summed E-state index contributed by atoms with van der Waals surface area (Å²) in [6.07, 6.45) is 5.62. The summed E-state index contributed by atoms with van der Waals surface area (Å²) in [6, 6.07) is 2.47. The zero-order chi connectivity index (χ0) is 17.8. The Morgan fingerprint density at radius 3 is 2.68 bits per heavy atom. The summed E-state index contributed by atoms with van der Waals surface area (Å²) in [5, 5.41) is 3.56. The summed E-state index contributed by atoms with van der Waals surface area (Å²) in [4.78, 5) is 26.6. The predicted octanol–water partition coefficient (Wildman–Crippen LogP) is 1.29. The normalized spacial score (nSPS) is 22.9. The Morgan fingerprint density at radius 1 is 1.24 bits per heavy atom. The fraction of sp³-hybridized carbons (Fsp3) is 0.722. The van der Waals surface area contributed by atoms with Gasteiger partial charge < -0.3 is 20.0 Å². The van der Waals surface area contributed by atoms with Crippen LogP contribution in [0.2, 0.25) is 0 Å². The molecule has 7 heteroatoms. The largest absolute Gasteiger partial charge is 0.367 e. The summed E-state index contributed by atoms with van der Waals surface area (Å²) in [7, 11) is 5.90. The maximum atomic E-state index is 11.6. The molecule has 0 aromatic carbocycles. The molecule has 1 amide bonds. The number of carbonyl (C=O) groups excluding carboxylic acids is 1. The molecule has 0 radical (unpaired) electrons. The van der Waals surface area contributed by atoms with Crippen molar-refractivity contribution in [2.75, 3.05) is 57.5 Å². The third kappa shape index (κ3) is 4.81. The van der Waals surface area contributed by atoms with E-state index in [0.717, 1.165) is 57.1 Å². The number of nitrogens with one attached hydrogen (secondary N) is 1. The van der Waals surface area contributed by atoms with E-state index in [1.165, 1.54) is 0 Å². The zero-order valence-corrected chi connectivity index (χ0v) is 15.6. The van der Waals surface area contributed by atoms with Gasteiger partial charge in [-0.15, -0.1) is 0 Å². The van der Waals surface area contributed by atoms with E-state index in [1.807, 2.05) is 37.0 Å². The summed E-state index contributed by atoms with van der Waals surface area (Å²) >= 11 is 0. The number of aromatic nitrogens is 2. The molecule has 1 aromatic heterocycles. The second-order valence-corrected chi connectivity index (χ2v) is 7.55. The van der Waals surface area contributed by atoms with Crippen LogP contribution in [-0.4, -0.2) is 79.0 Å². The smallest absolute Gasteiger partial charge is 0.222 e. The van der Waals surface area contributed by atoms with E-state index in [1.54, 1.807) is 6.33 Å². The number of amides is 1. The molecule has 25 heavy (non-hydrogen) atoms. The van der Waals surface area contributed by atoms with E-state index < -0.39 is 0 Å². The summed E-state index contributed by atoms with van der Waals surface area (Å²) in [5.74, 6) is 2.74. The van der Waals surface area contributed by atoms with Crippen LogP contribution < -0.4 is 10.2 Å². The van der Waals surface area contributed by atoms with Crippen LogP contribution in [0.1, 0.15) is 25.7 Å². The van der Waals surface area contributed by atoms with Crippen molar-refractivity contribution in [2.45, 2.75) is 31.7 Å². The molecule has 3 rings (SSSR count). The van der Waals surface area contributed by atoms with Crippen LogP contribution in [0.4, 0.5) is 11.6 Å². The molecule has 0 saturated carbocycles. The highest BCUT2D eigenvalue weighted by Crippen LogP contribution is 2.21. The lowest BCUT2D eigenvalue weighted by atomic mass is 9.96. The number of hydrogen-bond donors (Lipinski definition) is 1. The van der Waals surface area contributed by atoms with E-state index in [4.69, 9.17) is 0 Å². The molecule has 1 aromatic rings. The monoisotopic (exact) mass is 346 g/mol. The summed E-state index contributed by atoms with van der Waals surface area (Å²) in [5.41, 5.74) is 0. The third-order valence-corrected chi connectivity index (χ3v) is 5.29. The Kier molecular flexibility index (Phi) is 5.73. The molecule has 2 fully saturated rings. The van der Waals surface area contributed by atoms with Crippen LogP contribution in [0.3, 0.4) is 0 Å². The van der Waals surface area contributed by atoms with Gasteiger partial charge in [-0.3, -0.25) is 4.79 Å². The van der Waals surface area contributed by atoms with Gasteiger partial charge in [0, 0.05) is 65.9 Å². The molecule has 3 heterocycles. The fourth-order valence-electron chi connectivity index (χ4n) is 3.75. The van der Waals surface area contributed by atoms with E-state index in [-0.39, 0.29) is 0 Å². The molecule has 0 aliphatic carbocycles. The molecule has 2 aliphatic heterocycles. The first-order valence-corrected chi connectivity index (χ1v) is 9.23. The van der Waals surface area contributed by atoms with Gasteiger partial charge in [0.15, 0.2) is 0 Å². The maximum absolute atomic E-state index is 11.6. The van der Waals surface area contributed by atoms with Crippen molar-refractivity contribution in [3.05, 3.63) is 12.4 Å². The summed E-state index contributed by atoms with van der Waals surface area (Å²) < 4.78 is 0. The number of carbonyl (C=O) groups is 1. The minimum atomic E-state index is 0.293. The Bertz CT molecular complexity index is 585. The van der Waals surface area contributed by atoms with Crippen molar-refractivity contribution < 1.29 is 4.79 Å². The number of hydrogen-bond acceptors (Lipinski definition) is 6. The van der Waals surface area contributed by atoms with Crippen LogP contribution >= 0.6 is 0 Å². The van der Waals surface area contributed by atoms with Gasteiger partial charge in [0.1, 0.15) is 18.0 Å². The van der Waals surface area contributed by atoms with Gasteiger partial charge in [0.2, 0.25) is 5.91 Å². The van der Waals surface area contributed by atoms with Gasteiger partial charge in [-0.05, 0) is 25.2 Å². The molecule has 0 spiro atoms. The van der Waals surface area contributed by atoms with Gasteiger partial charge in [0.25, 0.3) is 0 Å². The zero-order valence-electron chi connectivity index (χ0n) is 15.6. The molecule has 138 valence electrons. The lowest BCUT2D eigenvalue weighted by molar-refractivity contribution is -0.133. The highest BCUT2D eigenvalue weighted by Gasteiger charge is 2.26. The van der Waals surface area contributed by atoms with Crippen molar-refractivity contribution in [1.29, 1.82) is 0 Å². The van der Waals surface area contributed by atoms with Crippen LogP contribution in [0.5, 0.6) is 0 Å². The first kappa shape index (κ1) is 17.9. The number of anilines is 2. The van der Waals surface area contributed by atoms with Crippen LogP contribution in [0.15, 0.2) is 12.4 Å². The Balaban J connectivity index is 1.44. The van der Waals surface area contributed by atoms with Gasteiger partial charge >= 0.3 is 0 Å². The third-order valence-electron chi connectivity index (χ3n) is 5.29. The number of nitrogens with zero attached hydrogens (tertiary/aromatic N) is 5. The SMILES string of the molecule is CN1CC(CN2CCC(Nc3cc(N(C)C)ncn3)CC2)CCC1=O. The minimum absolute atomic E-state index is 0.293. The molecule has 1 N–H and O–H groups in total. The highest BCUT2D eigenvalue weighted by atomic mass is 16.2. The van der Waals surface area contributed by atoms with Gasteiger partial charge in [-0.25, -0.2) is 9.97 Å². The van der Waals surface area contributed by atoms with E-state index >= 15 is 0 Å². The van der Waals surface area contributed by atoms with Crippen LogP contribution in [0, 0.1) is 5.92 Å². The van der Waals surface area contributed by atoms with Crippen molar-refractivity contribution in [3.63, 3.8) is 0 Å². The number of rotatable bonds is 5. The average Bonchev–Trinajstić information content (AvgIpc) is 2.60. The fourth-order valence-corrected chi connectivity index (χ4v) is 3.75. The van der Waals surface area contributed by atoms with E-state index in [9.17, 15) is 4.79 Å². The first-order valence-electron chi connectivity index (χ1n) is 9.23. The maximum Gasteiger partial charge on any atom is 0.222 e. The van der Waals surface area contributed by atoms with E-state index in [2.05, 4.69) is 20.2 Å². The van der Waals surface area contributed by atoms with Crippen molar-refractivity contribution >= 4 is 17.5 Å². The lowest BCUT2D eigenvalue weighted by Crippen LogP contribution is -2.45. The number of piperidine rings is 2. The van der Waals surface area contributed by atoms with Crippen molar-refractivity contribution in [2.24, 2.45) is 5.92 Å². The molecule has 1 atom stereocenters. The quantitative estimate of drug-likeness (QED) is 0.867. The first-order chi connectivity index (χ1) is 12.0. The van der Waals surface area contributed by atoms with Crippen molar-refractivity contribution in [3.8, 4) is 0 Å². The Morgan fingerprint density at radius 2 is 2.00 bits per heavy atom. The minimum Gasteiger partial charge on any atom is -0.367 e. The molecule has 0 bridgehead atoms. The lowest BCUT2D eigenvalue weighted by Gasteiger charge is -2.37. The Hall–Kier alpha value is -1.89. The second-order valence-electron chi connectivity index (χ2n) is 7.55. The molecule has 7 nitrogen and oxygen atoms in total. The molecular formula is C18H30N6O. The standard InChI is InChI=1S/C18H30N6O/c1-22(2)17-10-16(19-13-20-17)21-15-6-8-24(9-7-15)12-14-4-5-18(25)23(3)11-14/h10,13-15H,4-9,11-12H2,1-3H3,(H,19,20,21). The average molecular weight is 346 g/mol. The van der Waals surface area contributed by atoms with Gasteiger partial charge in [0.05, 0.1) is 0 Å². The van der Waals surface area contributed by atoms with Crippen LogP contribution in [-0.2, 0) is 4.79 Å². The summed E-state index contributed by atoms with van der Waals surface area (Å²) in [6.45, 7) is 4.24. The second kappa shape index (κ2) is 7.99. The van der Waals surface area contributed by atoms with Gasteiger partial charge in [-0.1, -0.05) is 0 Å². The topological polar surface area (TPSA) is 64.6 Å². The Labute approximate surface area is 150 Å². The molecule has 1 unspecified atom stereocenters. The molecular weight excluding hydrogens is 316 g/mol. The highest BCUT2D eigenvalue weighted by molar-refractivity contribution is 5.76. The van der Waals surface area contributed by atoms with Crippen molar-refractivity contribution in [1.82, 2.24) is 19.8 Å². The molecule has 2 aliphatic rings. The predicted molar refractivity (Wildman–Crippen MR) is 99.8 cm³/mol. The van der Waals surface area contributed by atoms with Gasteiger partial charge in [-0.2, -0.15) is 0 Å². The van der Waals surface area contributed by atoms with Crippen LogP contribution in [0.25, 0.3) is 0 Å². The van der Waals surface area contributed by atoms with E-state index in [0.29, 0.717) is 24.3 Å².